The largest absolute Gasteiger partial charge is 0.285 e. The molecule has 1 unspecified atom stereocenters. The Morgan fingerprint density at radius 2 is 1.81 bits per heavy atom. The Balaban J connectivity index is 1.72. The molecule has 1 heterocycles. The van der Waals surface area contributed by atoms with Gasteiger partial charge < -0.3 is 0 Å². The van der Waals surface area contributed by atoms with Crippen LogP contribution in [-0.2, 0) is 6.54 Å². The highest BCUT2D eigenvalue weighted by Gasteiger charge is 2.23. The van der Waals surface area contributed by atoms with E-state index in [1.165, 1.54) is 12.0 Å². The quantitative estimate of drug-likeness (QED) is 0.744. The first-order valence-electron chi connectivity index (χ1n) is 7.37. The van der Waals surface area contributed by atoms with Crippen molar-refractivity contribution in [1.29, 1.82) is 0 Å². The Morgan fingerprint density at radius 1 is 1.05 bits per heavy atom. The molecule has 0 N–H and O–H groups in total. The van der Waals surface area contributed by atoms with E-state index in [-0.39, 0.29) is 0 Å². The van der Waals surface area contributed by atoms with Crippen molar-refractivity contribution in [1.82, 2.24) is 4.90 Å². The Bertz CT molecular complexity index is 654. The van der Waals surface area contributed by atoms with E-state index in [1.54, 1.807) is 0 Å². The number of benzene rings is 2. The van der Waals surface area contributed by atoms with E-state index in [0.717, 1.165) is 30.1 Å². The van der Waals surface area contributed by atoms with Gasteiger partial charge in [-0.1, -0.05) is 59.8 Å². The van der Waals surface area contributed by atoms with Crippen LogP contribution in [0.4, 0.5) is 0 Å². The van der Waals surface area contributed by atoms with Crippen molar-refractivity contribution in [2.75, 3.05) is 6.54 Å². The van der Waals surface area contributed by atoms with Gasteiger partial charge in [0.15, 0.2) is 0 Å². The van der Waals surface area contributed by atoms with Crippen LogP contribution in [0.15, 0.2) is 54.6 Å². The summed E-state index contributed by atoms with van der Waals surface area (Å²) in [6.45, 7) is 1.98. The summed E-state index contributed by atoms with van der Waals surface area (Å²) in [6, 6.07) is 18.6. The second-order valence-corrected chi connectivity index (χ2v) is 5.76. The fourth-order valence-corrected chi connectivity index (χ4v) is 2.91. The minimum atomic E-state index is 0.335. The number of nitrogens with zero attached hydrogens (tertiary/aromatic N) is 1. The lowest BCUT2D eigenvalue weighted by atomic mass is 10.1. The van der Waals surface area contributed by atoms with Gasteiger partial charge in [0.1, 0.15) is 0 Å². The van der Waals surface area contributed by atoms with E-state index in [0.29, 0.717) is 6.04 Å². The predicted octanol–water partition coefficient (Wildman–Crippen LogP) is 4.36. The number of rotatable bonds is 2. The standard InChI is InChI=1S/C19H18ClN/c20-19-11-5-4-9-17(19)15-21-14-6-10-18(21)13-12-16-7-2-1-3-8-16/h1-5,7-9,11,18H,6,10,14-15H2. The smallest absolute Gasteiger partial charge is 0.0721 e. The molecule has 21 heavy (non-hydrogen) atoms. The maximum Gasteiger partial charge on any atom is 0.0721 e. The molecule has 3 rings (SSSR count). The van der Waals surface area contributed by atoms with Crippen LogP contribution in [0.1, 0.15) is 24.0 Å². The molecule has 1 fully saturated rings. The molecule has 0 bridgehead atoms. The van der Waals surface area contributed by atoms with E-state index in [1.807, 2.05) is 36.4 Å². The fraction of sp³-hybridized carbons (Fsp3) is 0.263. The van der Waals surface area contributed by atoms with Crippen LogP contribution < -0.4 is 0 Å². The van der Waals surface area contributed by atoms with Crippen LogP contribution in [0.2, 0.25) is 5.02 Å². The second-order valence-electron chi connectivity index (χ2n) is 5.36. The highest BCUT2D eigenvalue weighted by atomic mass is 35.5. The summed E-state index contributed by atoms with van der Waals surface area (Å²) < 4.78 is 0. The van der Waals surface area contributed by atoms with E-state index in [2.05, 4.69) is 34.9 Å². The SMILES string of the molecule is Clc1ccccc1CN1CCCC1C#Cc1ccccc1. The first-order chi connectivity index (χ1) is 10.3. The van der Waals surface area contributed by atoms with Crippen LogP contribution in [-0.4, -0.2) is 17.5 Å². The molecule has 1 aliphatic rings. The minimum Gasteiger partial charge on any atom is -0.285 e. The molecule has 106 valence electrons. The van der Waals surface area contributed by atoms with Gasteiger partial charge in [-0.25, -0.2) is 0 Å². The Hall–Kier alpha value is -1.75. The maximum atomic E-state index is 6.26. The first-order valence-corrected chi connectivity index (χ1v) is 7.75. The zero-order chi connectivity index (χ0) is 14.5. The van der Waals surface area contributed by atoms with Gasteiger partial charge >= 0.3 is 0 Å². The molecule has 1 atom stereocenters. The maximum absolute atomic E-state index is 6.26. The monoisotopic (exact) mass is 295 g/mol. The average Bonchev–Trinajstić information content (AvgIpc) is 2.96. The zero-order valence-corrected chi connectivity index (χ0v) is 12.7. The van der Waals surface area contributed by atoms with Gasteiger partial charge in [-0.05, 0) is 43.1 Å². The van der Waals surface area contributed by atoms with Crippen molar-refractivity contribution in [2.24, 2.45) is 0 Å². The lowest BCUT2D eigenvalue weighted by Gasteiger charge is -2.20. The molecular weight excluding hydrogens is 278 g/mol. The molecular formula is C19H18ClN. The summed E-state index contributed by atoms with van der Waals surface area (Å²) in [6.07, 6.45) is 2.35. The molecule has 1 nitrogen and oxygen atoms in total. The minimum absolute atomic E-state index is 0.335. The molecule has 0 radical (unpaired) electrons. The molecule has 2 aromatic carbocycles. The Kier molecular flexibility index (Phi) is 4.60. The van der Waals surface area contributed by atoms with Crippen LogP contribution in [0, 0.1) is 11.8 Å². The first kappa shape index (κ1) is 14.2. The van der Waals surface area contributed by atoms with Gasteiger partial charge in [-0.2, -0.15) is 0 Å². The van der Waals surface area contributed by atoms with E-state index in [9.17, 15) is 0 Å². The predicted molar refractivity (Wildman–Crippen MR) is 88.2 cm³/mol. The molecule has 0 aliphatic carbocycles. The van der Waals surface area contributed by atoms with Crippen molar-refractivity contribution in [3.05, 3.63) is 70.7 Å². The molecule has 0 amide bonds. The summed E-state index contributed by atoms with van der Waals surface area (Å²) in [7, 11) is 0. The normalized spacial score (nSPS) is 18.2. The van der Waals surface area contributed by atoms with Crippen LogP contribution >= 0.6 is 11.6 Å². The third kappa shape index (κ3) is 3.67. The van der Waals surface area contributed by atoms with Crippen LogP contribution in [0.25, 0.3) is 0 Å². The van der Waals surface area contributed by atoms with Crippen molar-refractivity contribution < 1.29 is 0 Å². The molecule has 1 saturated heterocycles. The van der Waals surface area contributed by atoms with Crippen molar-refractivity contribution in [2.45, 2.75) is 25.4 Å². The molecule has 1 aliphatic heterocycles. The Labute approximate surface area is 131 Å². The van der Waals surface area contributed by atoms with Gasteiger partial charge in [-0.15, -0.1) is 0 Å². The third-order valence-electron chi connectivity index (χ3n) is 3.85. The van der Waals surface area contributed by atoms with Gasteiger partial charge in [0.2, 0.25) is 0 Å². The van der Waals surface area contributed by atoms with Gasteiger partial charge in [0.25, 0.3) is 0 Å². The summed E-state index contributed by atoms with van der Waals surface area (Å²) >= 11 is 6.26. The number of likely N-dealkylation sites (tertiary alicyclic amines) is 1. The highest BCUT2D eigenvalue weighted by Crippen LogP contribution is 2.23. The van der Waals surface area contributed by atoms with Gasteiger partial charge in [-0.3, -0.25) is 4.90 Å². The summed E-state index contributed by atoms with van der Waals surface area (Å²) in [4.78, 5) is 2.43. The fourth-order valence-electron chi connectivity index (χ4n) is 2.71. The van der Waals surface area contributed by atoms with Gasteiger partial charge in [0.05, 0.1) is 6.04 Å². The second kappa shape index (κ2) is 6.80. The van der Waals surface area contributed by atoms with E-state index >= 15 is 0 Å². The van der Waals surface area contributed by atoms with Crippen molar-refractivity contribution in [3.8, 4) is 11.8 Å². The van der Waals surface area contributed by atoms with Gasteiger partial charge in [0, 0.05) is 17.1 Å². The van der Waals surface area contributed by atoms with Crippen LogP contribution in [0.3, 0.4) is 0 Å². The number of hydrogen-bond donors (Lipinski definition) is 0. The number of hydrogen-bond acceptors (Lipinski definition) is 1. The summed E-state index contributed by atoms with van der Waals surface area (Å²) in [5.41, 5.74) is 2.27. The average molecular weight is 296 g/mol. The summed E-state index contributed by atoms with van der Waals surface area (Å²) in [5, 5.41) is 0.846. The third-order valence-corrected chi connectivity index (χ3v) is 4.22. The topological polar surface area (TPSA) is 3.24 Å². The van der Waals surface area contributed by atoms with Crippen LogP contribution in [0.5, 0.6) is 0 Å². The van der Waals surface area contributed by atoms with E-state index in [4.69, 9.17) is 11.6 Å². The molecule has 0 spiro atoms. The molecule has 0 aromatic heterocycles. The van der Waals surface area contributed by atoms with E-state index < -0.39 is 0 Å². The Morgan fingerprint density at radius 3 is 2.62 bits per heavy atom. The zero-order valence-electron chi connectivity index (χ0n) is 11.9. The number of halogens is 1. The molecule has 2 aromatic rings. The van der Waals surface area contributed by atoms with Crippen molar-refractivity contribution >= 4 is 11.6 Å². The van der Waals surface area contributed by atoms with Crippen molar-refractivity contribution in [3.63, 3.8) is 0 Å². The molecule has 0 saturated carbocycles. The molecule has 2 heteroatoms. The lowest BCUT2D eigenvalue weighted by molar-refractivity contribution is 0.288. The lowest BCUT2D eigenvalue weighted by Crippen LogP contribution is -2.27. The summed E-state index contributed by atoms with van der Waals surface area (Å²) in [5.74, 6) is 6.71. The highest BCUT2D eigenvalue weighted by molar-refractivity contribution is 6.31.